The number of methoxy groups -OCH3 is 1. The Balaban J connectivity index is 2.01. The van der Waals surface area contributed by atoms with E-state index in [4.69, 9.17) is 21.6 Å². The van der Waals surface area contributed by atoms with Gasteiger partial charge in [0.25, 0.3) is 0 Å². The molecule has 1 N–H and O–H groups in total. The number of ether oxygens (including phenoxy) is 1. The summed E-state index contributed by atoms with van der Waals surface area (Å²) in [5.41, 5.74) is 1.22. The molecule has 0 aliphatic heterocycles. The van der Waals surface area contributed by atoms with Crippen molar-refractivity contribution in [1.29, 1.82) is 5.26 Å². The van der Waals surface area contributed by atoms with Gasteiger partial charge in [-0.15, -0.1) is 0 Å². The fraction of sp³-hybridized carbons (Fsp3) is 0.286. The normalized spacial score (nSPS) is 10.3. The smallest absolute Gasteiger partial charge is 0.241 e. The Morgan fingerprint density at radius 1 is 1.14 bits per heavy atom. The summed E-state index contributed by atoms with van der Waals surface area (Å²) in [6, 6.07) is 16.0. The molecule has 0 bridgehead atoms. The minimum absolute atomic E-state index is 0.0114. The monoisotopic (exact) mass is 414 g/mol. The van der Waals surface area contributed by atoms with E-state index in [1.807, 2.05) is 6.07 Å². The minimum atomic E-state index is -0.247. The van der Waals surface area contributed by atoms with Crippen molar-refractivity contribution < 1.29 is 14.3 Å². The molecule has 0 fully saturated rings. The zero-order valence-electron chi connectivity index (χ0n) is 16.4. The predicted octanol–water partition coefficient (Wildman–Crippen LogP) is 3.17. The van der Waals surface area contributed by atoms with Gasteiger partial charge < -0.3 is 15.0 Å². The summed E-state index contributed by atoms with van der Waals surface area (Å²) in [4.78, 5) is 28.2. The lowest BCUT2D eigenvalue weighted by Gasteiger charge is -2.26. The van der Waals surface area contributed by atoms with Gasteiger partial charge in [0.05, 0.1) is 38.4 Å². The number of likely N-dealkylation sites (N-methyl/N-ethyl adjacent to an activating group) is 1. The summed E-state index contributed by atoms with van der Waals surface area (Å²) >= 11 is 5.84. The van der Waals surface area contributed by atoms with Crippen LogP contribution in [0.2, 0.25) is 5.02 Å². The van der Waals surface area contributed by atoms with E-state index in [9.17, 15) is 9.59 Å². The van der Waals surface area contributed by atoms with Crippen LogP contribution in [0.25, 0.3) is 0 Å². The van der Waals surface area contributed by atoms with Crippen molar-refractivity contribution in [3.05, 3.63) is 53.6 Å². The van der Waals surface area contributed by atoms with Crippen molar-refractivity contribution in [2.24, 2.45) is 0 Å². The number of rotatable bonds is 9. The molecule has 0 spiro atoms. The van der Waals surface area contributed by atoms with Crippen molar-refractivity contribution in [2.45, 2.75) is 6.42 Å². The second kappa shape index (κ2) is 11.1. The standard InChI is InChI=1S/C21H23ClN4O3/c1-25(14-20(27)24-17-10-8-16(22)9-11-17)15-21(28)26(13-5-12-23)18-6-3-4-7-19(18)29-2/h3-4,6-11H,5,13-15H2,1-2H3,(H,24,27). The average molecular weight is 415 g/mol. The molecule has 2 aromatic rings. The number of benzene rings is 2. The number of hydrogen-bond acceptors (Lipinski definition) is 5. The van der Waals surface area contributed by atoms with Crippen LogP contribution in [0.1, 0.15) is 6.42 Å². The fourth-order valence-electron chi connectivity index (χ4n) is 2.75. The van der Waals surface area contributed by atoms with Gasteiger partial charge in [-0.05, 0) is 43.4 Å². The number of nitrogens with zero attached hydrogens (tertiary/aromatic N) is 3. The minimum Gasteiger partial charge on any atom is -0.495 e. The molecule has 152 valence electrons. The Bertz CT molecular complexity index is 880. The molecule has 0 saturated carbocycles. The number of halogens is 1. The number of carbonyl (C=O) groups excluding carboxylic acids is 2. The quantitative estimate of drug-likeness (QED) is 0.681. The number of amides is 2. The fourth-order valence-corrected chi connectivity index (χ4v) is 2.87. The summed E-state index contributed by atoms with van der Waals surface area (Å²) < 4.78 is 5.34. The van der Waals surface area contributed by atoms with E-state index < -0.39 is 0 Å². The van der Waals surface area contributed by atoms with Gasteiger partial charge in [-0.25, -0.2) is 0 Å². The van der Waals surface area contributed by atoms with E-state index in [-0.39, 0.29) is 37.9 Å². The lowest BCUT2D eigenvalue weighted by atomic mass is 10.2. The Hall–Kier alpha value is -3.08. The van der Waals surface area contributed by atoms with Gasteiger partial charge in [-0.2, -0.15) is 5.26 Å². The van der Waals surface area contributed by atoms with E-state index in [2.05, 4.69) is 11.4 Å². The highest BCUT2D eigenvalue weighted by atomic mass is 35.5. The van der Waals surface area contributed by atoms with Gasteiger partial charge in [-0.1, -0.05) is 23.7 Å². The van der Waals surface area contributed by atoms with E-state index in [0.717, 1.165) is 0 Å². The maximum absolute atomic E-state index is 12.9. The zero-order valence-corrected chi connectivity index (χ0v) is 17.1. The number of nitriles is 1. The Morgan fingerprint density at radius 2 is 1.83 bits per heavy atom. The lowest BCUT2D eigenvalue weighted by molar-refractivity contribution is -0.121. The predicted molar refractivity (Wildman–Crippen MR) is 113 cm³/mol. The molecule has 0 aromatic heterocycles. The highest BCUT2D eigenvalue weighted by Gasteiger charge is 2.21. The second-order valence-corrected chi connectivity index (χ2v) is 6.79. The van der Waals surface area contributed by atoms with Crippen LogP contribution in [0.3, 0.4) is 0 Å². The van der Waals surface area contributed by atoms with Gasteiger partial charge in [0.2, 0.25) is 11.8 Å². The zero-order chi connectivity index (χ0) is 21.2. The van der Waals surface area contributed by atoms with E-state index in [1.54, 1.807) is 54.4 Å². The third-order valence-corrected chi connectivity index (χ3v) is 4.32. The molecule has 0 heterocycles. The third kappa shape index (κ3) is 6.79. The molecule has 0 unspecified atom stereocenters. The number of carbonyl (C=O) groups is 2. The second-order valence-electron chi connectivity index (χ2n) is 6.35. The summed E-state index contributed by atoms with van der Waals surface area (Å²) in [7, 11) is 3.21. The first-order valence-corrected chi connectivity index (χ1v) is 9.36. The summed E-state index contributed by atoms with van der Waals surface area (Å²) in [5, 5.41) is 12.3. The summed E-state index contributed by atoms with van der Waals surface area (Å²) in [6.07, 6.45) is 0.185. The highest BCUT2D eigenvalue weighted by Crippen LogP contribution is 2.28. The molecular formula is C21H23ClN4O3. The molecule has 0 aliphatic rings. The first kappa shape index (κ1) is 22.2. The molecule has 2 aromatic carbocycles. The SMILES string of the molecule is COc1ccccc1N(CCC#N)C(=O)CN(C)CC(=O)Nc1ccc(Cl)cc1. The maximum atomic E-state index is 12.9. The largest absolute Gasteiger partial charge is 0.495 e. The highest BCUT2D eigenvalue weighted by molar-refractivity contribution is 6.30. The third-order valence-electron chi connectivity index (χ3n) is 4.07. The van der Waals surface area contributed by atoms with Gasteiger partial charge >= 0.3 is 0 Å². The topological polar surface area (TPSA) is 85.7 Å². The summed E-state index contributed by atoms with van der Waals surface area (Å²) in [6.45, 7) is 0.282. The van der Waals surface area contributed by atoms with Crippen molar-refractivity contribution in [2.75, 3.05) is 44.0 Å². The van der Waals surface area contributed by atoms with Gasteiger partial charge in [0.1, 0.15) is 5.75 Å². The van der Waals surface area contributed by atoms with Crippen LogP contribution in [0.5, 0.6) is 5.75 Å². The Morgan fingerprint density at radius 3 is 2.48 bits per heavy atom. The van der Waals surface area contributed by atoms with E-state index in [0.29, 0.717) is 22.1 Å². The molecule has 0 atom stereocenters. The number of para-hydroxylation sites is 2. The molecule has 0 aliphatic carbocycles. The van der Waals surface area contributed by atoms with Crippen LogP contribution in [-0.2, 0) is 9.59 Å². The summed E-state index contributed by atoms with van der Waals surface area (Å²) in [5.74, 6) is 0.0666. The van der Waals surface area contributed by atoms with Crippen LogP contribution >= 0.6 is 11.6 Å². The molecule has 0 radical (unpaired) electrons. The van der Waals surface area contributed by atoms with Crippen molar-refractivity contribution in [1.82, 2.24) is 4.90 Å². The molecule has 0 saturated heterocycles. The molecule has 8 heteroatoms. The lowest BCUT2D eigenvalue weighted by Crippen LogP contribution is -2.42. The molecule has 7 nitrogen and oxygen atoms in total. The Labute approximate surface area is 175 Å². The maximum Gasteiger partial charge on any atom is 0.241 e. The van der Waals surface area contributed by atoms with Crippen molar-refractivity contribution in [3.63, 3.8) is 0 Å². The Kier molecular flexibility index (Phi) is 8.46. The van der Waals surface area contributed by atoms with Crippen molar-refractivity contribution in [3.8, 4) is 11.8 Å². The first-order valence-electron chi connectivity index (χ1n) is 8.99. The van der Waals surface area contributed by atoms with E-state index in [1.165, 1.54) is 12.0 Å². The van der Waals surface area contributed by atoms with Gasteiger partial charge in [0, 0.05) is 17.3 Å². The van der Waals surface area contributed by atoms with Crippen LogP contribution < -0.4 is 15.0 Å². The molecule has 29 heavy (non-hydrogen) atoms. The van der Waals surface area contributed by atoms with Gasteiger partial charge in [0.15, 0.2) is 0 Å². The average Bonchev–Trinajstić information content (AvgIpc) is 2.70. The molecular weight excluding hydrogens is 392 g/mol. The first-order chi connectivity index (χ1) is 13.9. The van der Waals surface area contributed by atoms with Crippen LogP contribution in [-0.4, -0.2) is 50.5 Å². The van der Waals surface area contributed by atoms with Gasteiger partial charge in [-0.3, -0.25) is 14.5 Å². The van der Waals surface area contributed by atoms with E-state index >= 15 is 0 Å². The van der Waals surface area contributed by atoms with Crippen LogP contribution in [0, 0.1) is 11.3 Å². The number of anilines is 2. The van der Waals surface area contributed by atoms with Crippen LogP contribution in [0.4, 0.5) is 11.4 Å². The van der Waals surface area contributed by atoms with Crippen molar-refractivity contribution >= 4 is 34.8 Å². The van der Waals surface area contributed by atoms with Crippen LogP contribution in [0.15, 0.2) is 48.5 Å². The number of hydrogen-bond donors (Lipinski definition) is 1. The molecule has 2 amide bonds. The molecule has 2 rings (SSSR count). The number of nitrogens with one attached hydrogen (secondary N) is 1.